The zero-order valence-corrected chi connectivity index (χ0v) is 22.6. The molecule has 3 atom stereocenters. The van der Waals surface area contributed by atoms with Crippen LogP contribution in [0.15, 0.2) is 60.8 Å². The van der Waals surface area contributed by atoms with Gasteiger partial charge in [-0.15, -0.1) is 5.10 Å². The highest BCUT2D eigenvalue weighted by atomic mass is 16.5. The number of nitrogens with zero attached hydrogens (tertiary/aromatic N) is 5. The average molecular weight is 522 g/mol. The van der Waals surface area contributed by atoms with Gasteiger partial charge in [0.05, 0.1) is 37.3 Å². The van der Waals surface area contributed by atoms with Crippen LogP contribution in [-0.2, 0) is 29.2 Å². The van der Waals surface area contributed by atoms with E-state index in [1.54, 1.807) is 11.1 Å². The van der Waals surface area contributed by atoms with E-state index in [0.29, 0.717) is 39.1 Å². The fraction of sp³-hybridized carbons (Fsp3) is 0.483. The molecule has 0 unspecified atom stereocenters. The quantitative estimate of drug-likeness (QED) is 0.483. The van der Waals surface area contributed by atoms with Gasteiger partial charge in [-0.25, -0.2) is 4.68 Å². The number of hydrogen-bond donors (Lipinski definition) is 1. The molecule has 38 heavy (non-hydrogen) atoms. The molecule has 0 fully saturated rings. The first-order valence-corrected chi connectivity index (χ1v) is 13.3. The van der Waals surface area contributed by atoms with Gasteiger partial charge in [0.25, 0.3) is 0 Å². The molecule has 1 amide bonds. The number of amides is 1. The molecule has 1 aliphatic rings. The number of carbonyl (C=O) groups excluding carboxylic acids is 1. The molecule has 204 valence electrons. The number of aliphatic hydroxyl groups excluding tert-OH is 1. The van der Waals surface area contributed by atoms with Crippen LogP contribution in [0.1, 0.15) is 37.9 Å². The van der Waals surface area contributed by atoms with Gasteiger partial charge in [0.15, 0.2) is 0 Å². The summed E-state index contributed by atoms with van der Waals surface area (Å²) < 4.78 is 14.2. The number of fused-ring (bicyclic) bond motifs is 1. The number of ether oxygens (including phenoxy) is 2. The van der Waals surface area contributed by atoms with Crippen molar-refractivity contribution < 1.29 is 19.4 Å². The third-order valence-electron chi connectivity index (χ3n) is 6.99. The van der Waals surface area contributed by atoms with Crippen LogP contribution >= 0.6 is 0 Å². The molecule has 1 aliphatic heterocycles. The minimum atomic E-state index is -0.246. The standard InChI is InChI=1S/C29H39N5O4/c1-22-17-33(23(2)20-35)29(36)10-7-15-34-25(16-30-31-34)21-37-28(22)19-32(3)18-24-11-13-27(14-12-24)38-26-8-5-4-6-9-26/h4-6,8-9,11-14,16,22-23,28,35H,7,10,15,17-21H2,1-3H3/t22-,23-,28-/m1/s1. The average Bonchev–Trinajstić information content (AvgIpc) is 3.37. The van der Waals surface area contributed by atoms with Crippen LogP contribution in [0.5, 0.6) is 11.5 Å². The third-order valence-corrected chi connectivity index (χ3v) is 6.99. The molecule has 1 N–H and O–H groups in total. The van der Waals surface area contributed by atoms with Crippen molar-refractivity contribution >= 4 is 5.91 Å². The summed E-state index contributed by atoms with van der Waals surface area (Å²) in [6.07, 6.45) is 2.67. The summed E-state index contributed by atoms with van der Waals surface area (Å²) in [5, 5.41) is 18.0. The van der Waals surface area contributed by atoms with E-state index >= 15 is 0 Å². The fourth-order valence-electron chi connectivity index (χ4n) is 4.72. The largest absolute Gasteiger partial charge is 0.457 e. The van der Waals surface area contributed by atoms with Crippen molar-refractivity contribution in [2.24, 2.45) is 5.92 Å². The summed E-state index contributed by atoms with van der Waals surface area (Å²) in [6.45, 7) is 6.90. The summed E-state index contributed by atoms with van der Waals surface area (Å²) in [5.74, 6) is 1.71. The number of benzene rings is 2. The second kappa shape index (κ2) is 13.5. The Hall–Kier alpha value is -3.27. The van der Waals surface area contributed by atoms with Crippen LogP contribution in [0.4, 0.5) is 0 Å². The Morgan fingerprint density at radius 1 is 1.16 bits per heavy atom. The van der Waals surface area contributed by atoms with Gasteiger partial charge in [-0.2, -0.15) is 0 Å². The predicted molar refractivity (Wildman–Crippen MR) is 145 cm³/mol. The lowest BCUT2D eigenvalue weighted by molar-refractivity contribution is -0.136. The molecule has 0 saturated carbocycles. The van der Waals surface area contributed by atoms with Crippen molar-refractivity contribution in [1.82, 2.24) is 24.8 Å². The number of rotatable bonds is 8. The molecular weight excluding hydrogens is 482 g/mol. The first-order valence-electron chi connectivity index (χ1n) is 13.3. The molecule has 0 radical (unpaired) electrons. The molecule has 3 aromatic rings. The Morgan fingerprint density at radius 3 is 2.63 bits per heavy atom. The van der Waals surface area contributed by atoms with Gasteiger partial charge < -0.3 is 19.5 Å². The first kappa shape index (κ1) is 27.8. The van der Waals surface area contributed by atoms with Gasteiger partial charge in [0.1, 0.15) is 11.5 Å². The van der Waals surface area contributed by atoms with E-state index in [0.717, 1.165) is 23.7 Å². The van der Waals surface area contributed by atoms with E-state index in [9.17, 15) is 9.90 Å². The summed E-state index contributed by atoms with van der Waals surface area (Å²) in [5.41, 5.74) is 2.08. The second-order valence-electron chi connectivity index (χ2n) is 10.2. The maximum absolute atomic E-state index is 13.0. The second-order valence-corrected chi connectivity index (χ2v) is 10.2. The van der Waals surface area contributed by atoms with E-state index < -0.39 is 0 Å². The maximum atomic E-state index is 13.0. The van der Waals surface area contributed by atoms with Crippen molar-refractivity contribution in [2.75, 3.05) is 26.7 Å². The lowest BCUT2D eigenvalue weighted by atomic mass is 10.0. The topological polar surface area (TPSA) is 93.0 Å². The van der Waals surface area contributed by atoms with Crippen LogP contribution in [0.25, 0.3) is 0 Å². The Balaban J connectivity index is 1.43. The number of aliphatic hydroxyl groups is 1. The molecule has 0 spiro atoms. The molecule has 0 saturated heterocycles. The smallest absolute Gasteiger partial charge is 0.222 e. The monoisotopic (exact) mass is 521 g/mol. The van der Waals surface area contributed by atoms with Crippen LogP contribution in [0.2, 0.25) is 0 Å². The van der Waals surface area contributed by atoms with Crippen molar-refractivity contribution in [2.45, 2.75) is 58.5 Å². The molecule has 0 aliphatic carbocycles. The lowest BCUT2D eigenvalue weighted by Crippen LogP contribution is -2.47. The normalized spacial score (nSPS) is 19.9. The SMILES string of the molecule is C[C@@H]1CN([C@H](C)CO)C(=O)CCCn2nncc2CO[C@@H]1CN(C)Cc1ccc(Oc2ccccc2)cc1. The zero-order valence-electron chi connectivity index (χ0n) is 22.6. The Morgan fingerprint density at radius 2 is 1.89 bits per heavy atom. The Bertz CT molecular complexity index is 1140. The highest BCUT2D eigenvalue weighted by Crippen LogP contribution is 2.22. The maximum Gasteiger partial charge on any atom is 0.222 e. The van der Waals surface area contributed by atoms with Crippen molar-refractivity contribution in [3.05, 3.63) is 72.1 Å². The number of para-hydroxylation sites is 1. The predicted octanol–water partition coefficient (Wildman–Crippen LogP) is 3.73. The number of likely N-dealkylation sites (N-methyl/N-ethyl adjacent to an activating group) is 1. The van der Waals surface area contributed by atoms with E-state index in [2.05, 4.69) is 41.3 Å². The van der Waals surface area contributed by atoms with E-state index in [1.165, 1.54) is 5.56 Å². The molecule has 4 rings (SSSR count). The van der Waals surface area contributed by atoms with Gasteiger partial charge in [0.2, 0.25) is 5.91 Å². The van der Waals surface area contributed by atoms with Crippen molar-refractivity contribution in [3.8, 4) is 11.5 Å². The molecule has 9 nitrogen and oxygen atoms in total. The molecule has 0 bridgehead atoms. The van der Waals surface area contributed by atoms with Crippen LogP contribution in [0, 0.1) is 5.92 Å². The lowest BCUT2D eigenvalue weighted by Gasteiger charge is -2.35. The fourth-order valence-corrected chi connectivity index (χ4v) is 4.72. The molecular formula is C29H39N5O4. The minimum Gasteiger partial charge on any atom is -0.457 e. The first-order chi connectivity index (χ1) is 18.4. The third kappa shape index (κ3) is 7.63. The highest BCUT2D eigenvalue weighted by Gasteiger charge is 2.28. The van der Waals surface area contributed by atoms with Crippen LogP contribution in [-0.4, -0.2) is 74.7 Å². The Kier molecular flexibility index (Phi) is 9.86. The van der Waals surface area contributed by atoms with Gasteiger partial charge in [-0.3, -0.25) is 9.69 Å². The van der Waals surface area contributed by atoms with Crippen LogP contribution in [0.3, 0.4) is 0 Å². The summed E-state index contributed by atoms with van der Waals surface area (Å²) in [7, 11) is 2.08. The molecule has 2 heterocycles. The van der Waals surface area contributed by atoms with E-state index in [4.69, 9.17) is 9.47 Å². The molecule has 2 aromatic carbocycles. The van der Waals surface area contributed by atoms with Crippen molar-refractivity contribution in [3.63, 3.8) is 0 Å². The summed E-state index contributed by atoms with van der Waals surface area (Å²) in [4.78, 5) is 17.1. The number of aromatic nitrogens is 3. The highest BCUT2D eigenvalue weighted by molar-refractivity contribution is 5.76. The van der Waals surface area contributed by atoms with Crippen LogP contribution < -0.4 is 4.74 Å². The summed E-state index contributed by atoms with van der Waals surface area (Å²) in [6, 6.07) is 17.6. The van der Waals surface area contributed by atoms with Gasteiger partial charge in [-0.1, -0.05) is 42.5 Å². The number of hydrogen-bond acceptors (Lipinski definition) is 7. The zero-order chi connectivity index (χ0) is 26.9. The van der Waals surface area contributed by atoms with E-state index in [1.807, 2.05) is 54.1 Å². The van der Waals surface area contributed by atoms with Gasteiger partial charge >= 0.3 is 0 Å². The van der Waals surface area contributed by atoms with Crippen molar-refractivity contribution in [1.29, 1.82) is 0 Å². The van der Waals surface area contributed by atoms with Gasteiger partial charge in [0, 0.05) is 38.5 Å². The molecule has 1 aromatic heterocycles. The summed E-state index contributed by atoms with van der Waals surface area (Å²) >= 11 is 0. The number of aryl methyl sites for hydroxylation is 1. The van der Waals surface area contributed by atoms with E-state index in [-0.39, 0.29) is 30.6 Å². The Labute approximate surface area is 225 Å². The van der Waals surface area contributed by atoms with Gasteiger partial charge in [-0.05, 0) is 50.2 Å². The minimum absolute atomic E-state index is 0.0468. The number of carbonyl (C=O) groups is 1. The molecule has 9 heteroatoms.